The predicted molar refractivity (Wildman–Crippen MR) is 152 cm³/mol. The molecule has 10 heteroatoms. The van der Waals surface area contributed by atoms with Crippen LogP contribution in [0, 0.1) is 0 Å². The van der Waals surface area contributed by atoms with Gasteiger partial charge in [-0.15, -0.1) is 22.7 Å². The number of thiophene rings is 2. The standard InChI is InChI=1S/C29H32N2O6S2/c1-30(14-4-15-31-23-12-7-20(13-16-32)19-24(23)36-28(31)35)21-8-10-22(11-9-21)37-29(27(33)34,25-5-2-17-38-25)26-6-3-18-39-26/h2-3,5-7,12,16-19,21-22H,4,8-11,13-15H2,1H3,(H,33,34)/t21-,22-. The lowest BCUT2D eigenvalue weighted by atomic mass is 9.90. The first kappa shape index (κ1) is 27.5. The average Bonchev–Trinajstić information content (AvgIpc) is 3.70. The number of aliphatic carboxylic acids is 1. The number of aldehydes is 1. The number of ether oxygens (including phenoxy) is 1. The topological polar surface area (TPSA) is 102 Å². The maximum Gasteiger partial charge on any atom is 0.419 e. The number of aryl methyl sites for hydroxylation is 1. The molecule has 8 nitrogen and oxygen atoms in total. The lowest BCUT2D eigenvalue weighted by Gasteiger charge is -2.38. The van der Waals surface area contributed by atoms with Gasteiger partial charge in [-0.2, -0.15) is 0 Å². The van der Waals surface area contributed by atoms with E-state index in [1.807, 2.05) is 47.2 Å². The Morgan fingerprint density at radius 2 is 1.85 bits per heavy atom. The van der Waals surface area contributed by atoms with Crippen LogP contribution in [-0.2, 0) is 32.9 Å². The van der Waals surface area contributed by atoms with Crippen LogP contribution >= 0.6 is 22.7 Å². The minimum Gasteiger partial charge on any atom is -0.479 e. The number of carboxylic acid groups (broad SMARTS) is 1. The van der Waals surface area contributed by atoms with Gasteiger partial charge in [-0.25, -0.2) is 9.59 Å². The third-order valence-electron chi connectivity index (χ3n) is 7.59. The predicted octanol–water partition coefficient (Wildman–Crippen LogP) is 5.14. The van der Waals surface area contributed by atoms with Gasteiger partial charge in [0.25, 0.3) is 0 Å². The number of carboxylic acids is 1. The zero-order chi connectivity index (χ0) is 27.4. The molecule has 1 aliphatic carbocycles. The monoisotopic (exact) mass is 568 g/mol. The molecule has 3 aromatic heterocycles. The number of hydrogen-bond acceptors (Lipinski definition) is 8. The van der Waals surface area contributed by atoms with E-state index < -0.39 is 11.6 Å². The zero-order valence-electron chi connectivity index (χ0n) is 21.8. The number of carbonyl (C=O) groups excluding carboxylic acids is 1. The molecule has 0 bridgehead atoms. The first-order chi connectivity index (χ1) is 18.9. The molecule has 1 aromatic carbocycles. The fourth-order valence-electron chi connectivity index (χ4n) is 5.52. The Hall–Kier alpha value is -3.05. The second kappa shape index (κ2) is 12.0. The Kier molecular flexibility index (Phi) is 8.46. The number of benzene rings is 1. The Labute approximate surface area is 234 Å². The van der Waals surface area contributed by atoms with Crippen molar-refractivity contribution < 1.29 is 23.8 Å². The molecule has 1 saturated carbocycles. The Bertz CT molecular complexity index is 1410. The van der Waals surface area contributed by atoms with Crippen molar-refractivity contribution in [3.05, 3.63) is 79.1 Å². The average molecular weight is 569 g/mol. The van der Waals surface area contributed by atoms with E-state index in [4.69, 9.17) is 9.15 Å². The lowest BCUT2D eigenvalue weighted by Crippen LogP contribution is -2.44. The first-order valence-electron chi connectivity index (χ1n) is 13.2. The molecule has 0 saturated heterocycles. The van der Waals surface area contributed by atoms with E-state index in [1.54, 1.807) is 10.6 Å². The third-order valence-corrected chi connectivity index (χ3v) is 9.53. The third kappa shape index (κ3) is 5.65. The number of fused-ring (bicyclic) bond motifs is 1. The Balaban J connectivity index is 1.17. The van der Waals surface area contributed by atoms with Gasteiger partial charge in [0.1, 0.15) is 6.29 Å². The highest BCUT2D eigenvalue weighted by molar-refractivity contribution is 7.12. The van der Waals surface area contributed by atoms with Gasteiger partial charge in [-0.3, -0.25) is 4.57 Å². The minimum absolute atomic E-state index is 0.144. The quantitative estimate of drug-likeness (QED) is 0.236. The number of aromatic nitrogens is 1. The molecular weight excluding hydrogens is 536 g/mol. The van der Waals surface area contributed by atoms with Crippen molar-refractivity contribution in [3.63, 3.8) is 0 Å². The van der Waals surface area contributed by atoms with Gasteiger partial charge in [0.15, 0.2) is 5.58 Å². The molecule has 0 unspecified atom stereocenters. The number of carbonyl (C=O) groups is 2. The number of oxazole rings is 1. The van der Waals surface area contributed by atoms with Crippen molar-refractivity contribution in [2.24, 2.45) is 0 Å². The van der Waals surface area contributed by atoms with E-state index in [9.17, 15) is 19.5 Å². The summed E-state index contributed by atoms with van der Waals surface area (Å²) < 4.78 is 13.6. The van der Waals surface area contributed by atoms with Gasteiger partial charge in [0.05, 0.1) is 21.4 Å². The summed E-state index contributed by atoms with van der Waals surface area (Å²) in [6.45, 7) is 1.37. The second-order valence-electron chi connectivity index (χ2n) is 10.0. The van der Waals surface area contributed by atoms with Gasteiger partial charge >= 0.3 is 11.7 Å². The molecule has 1 N–H and O–H groups in total. The lowest BCUT2D eigenvalue weighted by molar-refractivity contribution is -0.170. The molecule has 1 aliphatic rings. The van der Waals surface area contributed by atoms with Crippen LogP contribution < -0.4 is 5.76 Å². The summed E-state index contributed by atoms with van der Waals surface area (Å²) in [6.07, 6.45) is 5.18. The fraction of sp³-hybridized carbons (Fsp3) is 0.414. The van der Waals surface area contributed by atoms with Crippen molar-refractivity contribution >= 4 is 46.0 Å². The normalized spacial score (nSPS) is 18.1. The maximum absolute atomic E-state index is 12.7. The van der Waals surface area contributed by atoms with Crippen LogP contribution in [0.15, 0.2) is 62.4 Å². The van der Waals surface area contributed by atoms with Crippen LogP contribution in [0.25, 0.3) is 11.1 Å². The van der Waals surface area contributed by atoms with E-state index in [-0.39, 0.29) is 11.9 Å². The Morgan fingerprint density at radius 3 is 2.44 bits per heavy atom. The zero-order valence-corrected chi connectivity index (χ0v) is 23.4. The summed E-state index contributed by atoms with van der Waals surface area (Å²) in [5, 5.41) is 14.2. The summed E-state index contributed by atoms with van der Waals surface area (Å²) in [7, 11) is 2.10. The van der Waals surface area contributed by atoms with Crippen LogP contribution in [0.5, 0.6) is 0 Å². The molecule has 39 heavy (non-hydrogen) atoms. The van der Waals surface area contributed by atoms with Crippen LogP contribution in [0.2, 0.25) is 0 Å². The number of rotatable bonds is 12. The van der Waals surface area contributed by atoms with Crippen LogP contribution in [0.3, 0.4) is 0 Å². The van der Waals surface area contributed by atoms with Gasteiger partial charge in [-0.1, -0.05) is 18.2 Å². The number of nitrogens with zero attached hydrogens (tertiary/aromatic N) is 2. The van der Waals surface area contributed by atoms with Crippen LogP contribution in [-0.4, -0.2) is 52.6 Å². The van der Waals surface area contributed by atoms with E-state index >= 15 is 0 Å². The Morgan fingerprint density at radius 1 is 1.15 bits per heavy atom. The highest BCUT2D eigenvalue weighted by atomic mass is 32.1. The van der Waals surface area contributed by atoms with Crippen molar-refractivity contribution in [2.75, 3.05) is 13.6 Å². The molecule has 0 spiro atoms. The van der Waals surface area contributed by atoms with Crippen LogP contribution in [0.4, 0.5) is 0 Å². The molecule has 1 fully saturated rings. The van der Waals surface area contributed by atoms with Crippen molar-refractivity contribution in [3.8, 4) is 0 Å². The van der Waals surface area contributed by atoms with Crippen LogP contribution in [0.1, 0.15) is 47.4 Å². The van der Waals surface area contributed by atoms with Gasteiger partial charge < -0.3 is 24.0 Å². The van der Waals surface area contributed by atoms with Gasteiger partial charge in [0, 0.05) is 19.0 Å². The summed E-state index contributed by atoms with van der Waals surface area (Å²) in [5.41, 5.74) is 0.603. The number of hydrogen-bond donors (Lipinski definition) is 1. The fourth-order valence-corrected chi connectivity index (χ4v) is 7.33. The van der Waals surface area contributed by atoms with Gasteiger partial charge in [0.2, 0.25) is 5.60 Å². The highest BCUT2D eigenvalue weighted by Crippen LogP contribution is 2.42. The molecule has 3 heterocycles. The van der Waals surface area contributed by atoms with E-state index in [2.05, 4.69) is 11.9 Å². The maximum atomic E-state index is 12.7. The summed E-state index contributed by atoms with van der Waals surface area (Å²) in [6, 6.07) is 13.2. The molecule has 0 amide bonds. The second-order valence-corrected chi connectivity index (χ2v) is 11.9. The molecule has 5 rings (SSSR count). The van der Waals surface area contributed by atoms with Crippen molar-refractivity contribution in [2.45, 2.75) is 62.8 Å². The minimum atomic E-state index is -1.47. The first-order valence-corrected chi connectivity index (χ1v) is 14.9. The molecule has 4 aromatic rings. The molecule has 0 radical (unpaired) electrons. The van der Waals surface area contributed by atoms with E-state index in [1.165, 1.54) is 22.7 Å². The van der Waals surface area contributed by atoms with E-state index in [0.717, 1.165) is 56.0 Å². The smallest absolute Gasteiger partial charge is 0.419 e. The molecule has 0 atom stereocenters. The van der Waals surface area contributed by atoms with Crippen molar-refractivity contribution in [1.82, 2.24) is 9.47 Å². The van der Waals surface area contributed by atoms with E-state index in [0.29, 0.717) is 34.3 Å². The largest absolute Gasteiger partial charge is 0.479 e. The van der Waals surface area contributed by atoms with Gasteiger partial charge in [-0.05, 0) is 86.3 Å². The SMILES string of the molecule is CN(CCCn1c(=O)oc2cc(CC=O)ccc21)[C@H]1CC[C@H](OC(C(=O)O)(c2cccs2)c2cccs2)CC1. The highest BCUT2D eigenvalue weighted by Gasteiger charge is 2.48. The summed E-state index contributed by atoms with van der Waals surface area (Å²) >= 11 is 2.82. The summed E-state index contributed by atoms with van der Waals surface area (Å²) in [4.78, 5) is 39.6. The van der Waals surface area contributed by atoms with Crippen molar-refractivity contribution in [1.29, 1.82) is 0 Å². The summed E-state index contributed by atoms with van der Waals surface area (Å²) in [5.74, 6) is -1.36. The molecular formula is C29H32N2O6S2. The molecule has 206 valence electrons. The molecule has 0 aliphatic heterocycles.